The molecule has 7 nitrogen and oxygen atoms in total. The largest absolute Gasteiger partial charge is 0.493 e. The van der Waals surface area contributed by atoms with Gasteiger partial charge < -0.3 is 10.1 Å². The van der Waals surface area contributed by atoms with Crippen molar-refractivity contribution in [1.29, 1.82) is 0 Å². The molecule has 3 rings (SSSR count). The maximum absolute atomic E-state index is 12.1. The quantitative estimate of drug-likeness (QED) is 0.735. The van der Waals surface area contributed by atoms with Crippen molar-refractivity contribution in [2.75, 3.05) is 11.9 Å². The van der Waals surface area contributed by atoms with Crippen LogP contribution in [0.2, 0.25) is 0 Å². The normalized spacial score (nSPS) is 10.3. The van der Waals surface area contributed by atoms with Crippen molar-refractivity contribution in [2.24, 2.45) is 7.05 Å². The minimum Gasteiger partial charge on any atom is -0.493 e. The number of benzene rings is 1. The Morgan fingerprint density at radius 3 is 2.62 bits per heavy atom. The smallest absolute Gasteiger partial charge is 0.277 e. The van der Waals surface area contributed by atoms with Gasteiger partial charge in [-0.3, -0.25) is 9.59 Å². The van der Waals surface area contributed by atoms with Gasteiger partial charge in [0.05, 0.1) is 6.61 Å². The van der Waals surface area contributed by atoms with Crippen molar-refractivity contribution in [3.8, 4) is 5.75 Å². The molecule has 0 saturated heterocycles. The molecule has 0 unspecified atom stereocenters. The minimum absolute atomic E-state index is 0.147. The lowest BCUT2D eigenvalue weighted by molar-refractivity contribution is 0.101. The molecular weight excluding hydrogens is 332 g/mol. The van der Waals surface area contributed by atoms with E-state index in [1.54, 1.807) is 12.3 Å². The maximum atomic E-state index is 12.1. The SMILES string of the molecule is Cn1nc(C(=O)Nc2ccc(CCOc3ccccc3)cn2)ccc1=O. The van der Waals surface area contributed by atoms with E-state index in [-0.39, 0.29) is 11.3 Å². The number of hydrogen-bond donors (Lipinski definition) is 1. The Bertz CT molecular complexity index is 937. The van der Waals surface area contributed by atoms with Crippen LogP contribution in [-0.2, 0) is 13.5 Å². The van der Waals surface area contributed by atoms with Crippen molar-refractivity contribution in [1.82, 2.24) is 14.8 Å². The number of rotatable bonds is 6. The summed E-state index contributed by atoms with van der Waals surface area (Å²) in [4.78, 5) is 27.7. The molecule has 1 aromatic carbocycles. The summed E-state index contributed by atoms with van der Waals surface area (Å²) in [7, 11) is 1.49. The van der Waals surface area contributed by atoms with Gasteiger partial charge in [-0.05, 0) is 29.8 Å². The van der Waals surface area contributed by atoms with Crippen molar-refractivity contribution in [3.63, 3.8) is 0 Å². The van der Waals surface area contributed by atoms with E-state index in [4.69, 9.17) is 4.74 Å². The van der Waals surface area contributed by atoms with E-state index in [9.17, 15) is 9.59 Å². The molecule has 0 saturated carbocycles. The predicted molar refractivity (Wildman–Crippen MR) is 97.3 cm³/mol. The number of nitrogens with one attached hydrogen (secondary N) is 1. The van der Waals surface area contributed by atoms with E-state index in [1.165, 1.54) is 19.2 Å². The summed E-state index contributed by atoms with van der Waals surface area (Å²) in [5.41, 5.74) is 0.871. The first kappa shape index (κ1) is 17.3. The third-order valence-electron chi connectivity index (χ3n) is 3.66. The molecule has 0 spiro atoms. The van der Waals surface area contributed by atoms with Gasteiger partial charge >= 0.3 is 0 Å². The molecule has 2 heterocycles. The minimum atomic E-state index is -0.423. The molecule has 0 radical (unpaired) electrons. The fourth-order valence-corrected chi connectivity index (χ4v) is 2.25. The average Bonchev–Trinajstić information content (AvgIpc) is 2.66. The number of ether oxygens (including phenoxy) is 1. The highest BCUT2D eigenvalue weighted by Gasteiger charge is 2.09. The Labute approximate surface area is 150 Å². The van der Waals surface area contributed by atoms with Crippen LogP contribution in [0.5, 0.6) is 5.75 Å². The van der Waals surface area contributed by atoms with E-state index >= 15 is 0 Å². The van der Waals surface area contributed by atoms with Crippen molar-refractivity contribution in [2.45, 2.75) is 6.42 Å². The van der Waals surface area contributed by atoms with Crippen LogP contribution in [0.15, 0.2) is 65.6 Å². The number of carbonyl (C=O) groups excluding carboxylic acids is 1. The van der Waals surface area contributed by atoms with Gasteiger partial charge in [0.2, 0.25) is 0 Å². The summed E-state index contributed by atoms with van der Waals surface area (Å²) in [5.74, 6) is 0.820. The summed E-state index contributed by atoms with van der Waals surface area (Å²) in [6.07, 6.45) is 2.40. The molecule has 2 aromatic heterocycles. The second-order valence-electron chi connectivity index (χ2n) is 5.60. The van der Waals surface area contributed by atoms with Crippen LogP contribution in [0.25, 0.3) is 0 Å². The van der Waals surface area contributed by atoms with E-state index in [1.807, 2.05) is 36.4 Å². The van der Waals surface area contributed by atoms with Crippen LogP contribution in [0.1, 0.15) is 16.1 Å². The number of hydrogen-bond acceptors (Lipinski definition) is 5. The van der Waals surface area contributed by atoms with Crippen LogP contribution >= 0.6 is 0 Å². The lowest BCUT2D eigenvalue weighted by Gasteiger charge is -2.07. The second kappa shape index (κ2) is 8.06. The van der Waals surface area contributed by atoms with Gasteiger partial charge in [0.15, 0.2) is 0 Å². The van der Waals surface area contributed by atoms with Gasteiger partial charge in [0.1, 0.15) is 17.3 Å². The number of aryl methyl sites for hydroxylation is 1. The second-order valence-corrected chi connectivity index (χ2v) is 5.60. The number of pyridine rings is 1. The van der Waals surface area contributed by atoms with Crippen LogP contribution in [0, 0.1) is 0 Å². The molecule has 0 fully saturated rings. The standard InChI is InChI=1S/C19H18N4O3/c1-23-18(24)10-8-16(22-23)19(25)21-17-9-7-14(13-20-17)11-12-26-15-5-3-2-4-6-15/h2-10,13H,11-12H2,1H3,(H,20,21,25). The van der Waals surface area contributed by atoms with Gasteiger partial charge in [-0.15, -0.1) is 0 Å². The first-order chi connectivity index (χ1) is 12.6. The fourth-order valence-electron chi connectivity index (χ4n) is 2.25. The van der Waals surface area contributed by atoms with Gasteiger partial charge in [-0.1, -0.05) is 24.3 Å². The number of aromatic nitrogens is 3. The summed E-state index contributed by atoms with van der Waals surface area (Å²) in [5, 5.41) is 6.56. The van der Waals surface area contributed by atoms with Gasteiger partial charge in [0, 0.05) is 25.7 Å². The highest BCUT2D eigenvalue weighted by Crippen LogP contribution is 2.10. The Morgan fingerprint density at radius 2 is 1.92 bits per heavy atom. The summed E-state index contributed by atoms with van der Waals surface area (Å²) >= 11 is 0. The molecule has 1 amide bonds. The Balaban J connectivity index is 1.54. The number of amides is 1. The zero-order chi connectivity index (χ0) is 18.4. The highest BCUT2D eigenvalue weighted by atomic mass is 16.5. The van der Waals surface area contributed by atoms with E-state index < -0.39 is 5.91 Å². The highest BCUT2D eigenvalue weighted by molar-refractivity contribution is 6.02. The number of anilines is 1. The molecule has 0 atom stereocenters. The number of carbonyl (C=O) groups is 1. The zero-order valence-electron chi connectivity index (χ0n) is 14.3. The van der Waals surface area contributed by atoms with Gasteiger partial charge in [0.25, 0.3) is 11.5 Å². The molecule has 7 heteroatoms. The lowest BCUT2D eigenvalue weighted by atomic mass is 10.2. The molecule has 0 aliphatic heterocycles. The first-order valence-corrected chi connectivity index (χ1v) is 8.10. The molecule has 3 aromatic rings. The number of nitrogens with zero attached hydrogens (tertiary/aromatic N) is 3. The van der Waals surface area contributed by atoms with Gasteiger partial charge in [-0.2, -0.15) is 5.10 Å². The Hall–Kier alpha value is -3.48. The molecule has 0 aliphatic carbocycles. The van der Waals surface area contributed by atoms with E-state index in [0.717, 1.165) is 16.0 Å². The Morgan fingerprint density at radius 1 is 1.12 bits per heavy atom. The van der Waals surface area contributed by atoms with Crippen LogP contribution in [0.4, 0.5) is 5.82 Å². The summed E-state index contributed by atoms with van der Waals surface area (Å²) < 4.78 is 6.76. The summed E-state index contributed by atoms with van der Waals surface area (Å²) in [6, 6.07) is 15.9. The van der Waals surface area contributed by atoms with Crippen molar-refractivity contribution in [3.05, 3.63) is 82.4 Å². The zero-order valence-corrected chi connectivity index (χ0v) is 14.3. The van der Waals surface area contributed by atoms with E-state index in [2.05, 4.69) is 15.4 Å². The number of para-hydroxylation sites is 1. The monoisotopic (exact) mass is 350 g/mol. The van der Waals surface area contributed by atoms with Crippen molar-refractivity contribution < 1.29 is 9.53 Å². The van der Waals surface area contributed by atoms with Gasteiger partial charge in [-0.25, -0.2) is 9.67 Å². The molecular formula is C19H18N4O3. The lowest BCUT2D eigenvalue weighted by Crippen LogP contribution is -2.23. The maximum Gasteiger partial charge on any atom is 0.277 e. The van der Waals surface area contributed by atoms with Crippen LogP contribution < -0.4 is 15.6 Å². The topological polar surface area (TPSA) is 86.1 Å². The third kappa shape index (κ3) is 4.54. The third-order valence-corrected chi connectivity index (χ3v) is 3.66. The summed E-state index contributed by atoms with van der Waals surface area (Å²) in [6.45, 7) is 0.541. The first-order valence-electron chi connectivity index (χ1n) is 8.10. The predicted octanol–water partition coefficient (Wildman–Crippen LogP) is 2.05. The Kier molecular flexibility index (Phi) is 5.38. The fraction of sp³-hybridized carbons (Fsp3) is 0.158. The van der Waals surface area contributed by atoms with Crippen molar-refractivity contribution >= 4 is 11.7 Å². The van der Waals surface area contributed by atoms with Crippen LogP contribution in [0.3, 0.4) is 0 Å². The molecule has 1 N–H and O–H groups in total. The average molecular weight is 350 g/mol. The van der Waals surface area contributed by atoms with E-state index in [0.29, 0.717) is 18.8 Å². The molecule has 0 aliphatic rings. The van der Waals surface area contributed by atoms with Crippen LogP contribution in [-0.4, -0.2) is 27.3 Å². The molecule has 26 heavy (non-hydrogen) atoms. The molecule has 132 valence electrons. The molecule has 0 bridgehead atoms.